The first kappa shape index (κ1) is 18.6. The molecule has 1 saturated heterocycles. The van der Waals surface area contributed by atoms with E-state index in [1.54, 1.807) is 0 Å². The van der Waals surface area contributed by atoms with Crippen LogP contribution in [0.25, 0.3) is 0 Å². The quantitative estimate of drug-likeness (QED) is 0.896. The van der Waals surface area contributed by atoms with Crippen molar-refractivity contribution in [3.05, 3.63) is 65.2 Å². The number of anilines is 1. The van der Waals surface area contributed by atoms with Crippen molar-refractivity contribution in [1.82, 2.24) is 9.80 Å². The molecule has 1 aliphatic rings. The largest absolute Gasteiger partial charge is 0.325 e. The second-order valence-corrected chi connectivity index (χ2v) is 7.19. The minimum atomic E-state index is 0.0789. The number of hydrogen-bond acceptors (Lipinski definition) is 3. The van der Waals surface area contributed by atoms with Crippen molar-refractivity contribution in [3.8, 4) is 0 Å². The Morgan fingerprint density at radius 1 is 0.923 bits per heavy atom. The van der Waals surface area contributed by atoms with Gasteiger partial charge in [-0.2, -0.15) is 0 Å². The van der Waals surface area contributed by atoms with E-state index in [2.05, 4.69) is 65.4 Å². The van der Waals surface area contributed by atoms with E-state index in [1.165, 1.54) is 11.1 Å². The predicted octanol–water partition coefficient (Wildman–Crippen LogP) is 3.45. The second-order valence-electron chi connectivity index (χ2n) is 7.19. The van der Waals surface area contributed by atoms with Crippen molar-refractivity contribution in [2.75, 3.05) is 38.0 Å². The Bertz CT molecular complexity index is 729. The van der Waals surface area contributed by atoms with Crippen LogP contribution in [-0.4, -0.2) is 48.4 Å². The fourth-order valence-corrected chi connectivity index (χ4v) is 3.46. The number of nitrogens with one attached hydrogen (secondary N) is 1. The molecule has 1 N–H and O–H groups in total. The number of aryl methyl sites for hydroxylation is 1. The standard InChI is InChI=1S/C22H29N3O/c1-18-8-6-11-21(19(18)2)23-22(26)17-25-13-7-12-24(14-15-25)16-20-9-4-3-5-10-20/h3-6,8-11H,7,12-17H2,1-2H3,(H,23,26). The van der Waals surface area contributed by atoms with Crippen LogP contribution in [0.5, 0.6) is 0 Å². The van der Waals surface area contributed by atoms with Gasteiger partial charge in [0.05, 0.1) is 6.54 Å². The van der Waals surface area contributed by atoms with Gasteiger partial charge < -0.3 is 5.32 Å². The zero-order valence-electron chi connectivity index (χ0n) is 15.9. The van der Waals surface area contributed by atoms with Gasteiger partial charge >= 0.3 is 0 Å². The summed E-state index contributed by atoms with van der Waals surface area (Å²) in [5, 5.41) is 3.08. The van der Waals surface area contributed by atoms with Crippen LogP contribution in [0, 0.1) is 13.8 Å². The molecular formula is C22H29N3O. The van der Waals surface area contributed by atoms with E-state index in [-0.39, 0.29) is 5.91 Å². The van der Waals surface area contributed by atoms with Gasteiger partial charge in [0.15, 0.2) is 0 Å². The van der Waals surface area contributed by atoms with Gasteiger partial charge in [-0.05, 0) is 56.1 Å². The van der Waals surface area contributed by atoms with Gasteiger partial charge in [-0.25, -0.2) is 0 Å². The SMILES string of the molecule is Cc1cccc(NC(=O)CN2CCCN(Cc3ccccc3)CC2)c1C. The molecule has 1 aliphatic heterocycles. The number of carbonyl (C=O) groups is 1. The lowest BCUT2D eigenvalue weighted by molar-refractivity contribution is -0.117. The highest BCUT2D eigenvalue weighted by Gasteiger charge is 2.17. The Hall–Kier alpha value is -2.17. The molecule has 4 nitrogen and oxygen atoms in total. The van der Waals surface area contributed by atoms with Crippen molar-refractivity contribution < 1.29 is 4.79 Å². The van der Waals surface area contributed by atoms with Gasteiger partial charge in [0.25, 0.3) is 0 Å². The van der Waals surface area contributed by atoms with Crippen molar-refractivity contribution in [2.24, 2.45) is 0 Å². The highest BCUT2D eigenvalue weighted by Crippen LogP contribution is 2.18. The number of benzene rings is 2. The highest BCUT2D eigenvalue weighted by atomic mass is 16.2. The predicted molar refractivity (Wildman–Crippen MR) is 107 cm³/mol. The van der Waals surface area contributed by atoms with Crippen molar-refractivity contribution in [3.63, 3.8) is 0 Å². The maximum atomic E-state index is 12.5. The number of carbonyl (C=O) groups excluding carboxylic acids is 1. The van der Waals surface area contributed by atoms with Gasteiger partial charge in [0, 0.05) is 25.3 Å². The topological polar surface area (TPSA) is 35.6 Å². The summed E-state index contributed by atoms with van der Waals surface area (Å²) in [6, 6.07) is 16.6. The molecular weight excluding hydrogens is 322 g/mol. The van der Waals surface area contributed by atoms with Crippen molar-refractivity contribution >= 4 is 11.6 Å². The Morgan fingerprint density at radius 2 is 1.65 bits per heavy atom. The fraction of sp³-hybridized carbons (Fsp3) is 0.409. The molecule has 0 aliphatic carbocycles. The van der Waals surface area contributed by atoms with E-state index in [4.69, 9.17) is 0 Å². The molecule has 0 aromatic heterocycles. The average molecular weight is 351 g/mol. The first-order chi connectivity index (χ1) is 12.6. The van der Waals surface area contributed by atoms with Gasteiger partial charge in [0.2, 0.25) is 5.91 Å². The molecule has 26 heavy (non-hydrogen) atoms. The Kier molecular flexibility index (Phi) is 6.42. The summed E-state index contributed by atoms with van der Waals surface area (Å²) in [4.78, 5) is 17.2. The van der Waals surface area contributed by atoms with Gasteiger partial charge in [0.1, 0.15) is 0 Å². The monoisotopic (exact) mass is 351 g/mol. The molecule has 0 radical (unpaired) electrons. The highest BCUT2D eigenvalue weighted by molar-refractivity contribution is 5.93. The molecule has 0 unspecified atom stereocenters. The maximum Gasteiger partial charge on any atom is 0.238 e. The van der Waals surface area contributed by atoms with E-state index in [0.29, 0.717) is 6.54 Å². The Labute approximate surface area is 156 Å². The molecule has 1 fully saturated rings. The Morgan fingerprint density at radius 3 is 2.46 bits per heavy atom. The van der Waals surface area contributed by atoms with Gasteiger partial charge in [-0.15, -0.1) is 0 Å². The zero-order chi connectivity index (χ0) is 18.4. The van der Waals surface area contributed by atoms with Crippen LogP contribution in [0.1, 0.15) is 23.1 Å². The summed E-state index contributed by atoms with van der Waals surface area (Å²) in [5.74, 6) is 0.0789. The molecule has 3 rings (SSSR count). The molecule has 138 valence electrons. The second kappa shape index (κ2) is 8.97. The van der Waals surface area contributed by atoms with Crippen LogP contribution in [-0.2, 0) is 11.3 Å². The summed E-state index contributed by atoms with van der Waals surface area (Å²) >= 11 is 0. The first-order valence-electron chi connectivity index (χ1n) is 9.46. The third-order valence-corrected chi connectivity index (χ3v) is 5.18. The molecule has 1 heterocycles. The minimum absolute atomic E-state index is 0.0789. The number of rotatable bonds is 5. The van der Waals surface area contributed by atoms with E-state index < -0.39 is 0 Å². The van der Waals surface area contributed by atoms with E-state index >= 15 is 0 Å². The lowest BCUT2D eigenvalue weighted by atomic mass is 10.1. The summed E-state index contributed by atoms with van der Waals surface area (Å²) in [6.07, 6.45) is 1.10. The van der Waals surface area contributed by atoms with E-state index in [1.807, 2.05) is 12.1 Å². The normalized spacial score (nSPS) is 16.2. The van der Waals surface area contributed by atoms with Crippen LogP contribution in [0.3, 0.4) is 0 Å². The van der Waals surface area contributed by atoms with Crippen LogP contribution in [0.4, 0.5) is 5.69 Å². The number of amides is 1. The molecule has 0 atom stereocenters. The molecule has 4 heteroatoms. The molecule has 0 saturated carbocycles. The van der Waals surface area contributed by atoms with Crippen molar-refractivity contribution in [2.45, 2.75) is 26.8 Å². The average Bonchev–Trinajstić information content (AvgIpc) is 2.85. The number of hydrogen-bond donors (Lipinski definition) is 1. The first-order valence-corrected chi connectivity index (χ1v) is 9.46. The van der Waals surface area contributed by atoms with E-state index in [0.717, 1.165) is 50.4 Å². The van der Waals surface area contributed by atoms with Crippen LogP contribution < -0.4 is 5.32 Å². The zero-order valence-corrected chi connectivity index (χ0v) is 15.9. The van der Waals surface area contributed by atoms with Crippen LogP contribution in [0.15, 0.2) is 48.5 Å². The number of nitrogens with zero attached hydrogens (tertiary/aromatic N) is 2. The summed E-state index contributed by atoms with van der Waals surface area (Å²) < 4.78 is 0. The third-order valence-electron chi connectivity index (χ3n) is 5.18. The third kappa shape index (κ3) is 5.16. The van der Waals surface area contributed by atoms with Crippen molar-refractivity contribution in [1.29, 1.82) is 0 Å². The molecule has 0 bridgehead atoms. The van der Waals surface area contributed by atoms with Gasteiger partial charge in [-0.3, -0.25) is 14.6 Å². The van der Waals surface area contributed by atoms with E-state index in [9.17, 15) is 4.79 Å². The molecule has 1 amide bonds. The summed E-state index contributed by atoms with van der Waals surface area (Å²) in [6.45, 7) is 9.59. The Balaban J connectivity index is 1.49. The molecule has 2 aromatic rings. The maximum absolute atomic E-state index is 12.5. The van der Waals surface area contributed by atoms with Gasteiger partial charge in [-0.1, -0.05) is 42.5 Å². The molecule has 0 spiro atoms. The summed E-state index contributed by atoms with van der Waals surface area (Å²) in [7, 11) is 0. The smallest absolute Gasteiger partial charge is 0.238 e. The lowest BCUT2D eigenvalue weighted by Gasteiger charge is -2.21. The van der Waals surface area contributed by atoms with Crippen LogP contribution >= 0.6 is 0 Å². The minimum Gasteiger partial charge on any atom is -0.325 e. The summed E-state index contributed by atoms with van der Waals surface area (Å²) in [5.41, 5.74) is 4.63. The fourth-order valence-electron chi connectivity index (χ4n) is 3.46. The van der Waals surface area contributed by atoms with Crippen LogP contribution in [0.2, 0.25) is 0 Å². The molecule has 2 aromatic carbocycles. The lowest BCUT2D eigenvalue weighted by Crippen LogP contribution is -2.36.